The summed E-state index contributed by atoms with van der Waals surface area (Å²) in [5.74, 6) is 2.04. The van der Waals surface area contributed by atoms with Gasteiger partial charge >= 0.3 is 0 Å². The predicted octanol–water partition coefficient (Wildman–Crippen LogP) is 3.19. The molecule has 27 heavy (non-hydrogen) atoms. The molecule has 4 heterocycles. The average Bonchev–Trinajstić information content (AvgIpc) is 3.27. The van der Waals surface area contributed by atoms with E-state index in [1.54, 1.807) is 12.3 Å². The fourth-order valence-electron chi connectivity index (χ4n) is 3.81. The van der Waals surface area contributed by atoms with Crippen molar-refractivity contribution >= 4 is 17.1 Å². The van der Waals surface area contributed by atoms with E-state index in [-0.39, 0.29) is 5.91 Å². The van der Waals surface area contributed by atoms with Crippen LogP contribution in [0, 0.1) is 11.8 Å². The molecule has 3 aromatic heterocycles. The van der Waals surface area contributed by atoms with Crippen LogP contribution in [-0.2, 0) is 13.0 Å². The molecule has 6 nitrogen and oxygen atoms in total. The van der Waals surface area contributed by atoms with Crippen molar-refractivity contribution in [2.24, 2.45) is 11.8 Å². The first-order chi connectivity index (χ1) is 13.1. The van der Waals surface area contributed by atoms with Crippen molar-refractivity contribution in [3.8, 4) is 0 Å². The van der Waals surface area contributed by atoms with E-state index in [4.69, 9.17) is 4.98 Å². The first kappa shape index (κ1) is 17.6. The SMILES string of the molecule is CC(C)Cn1c(C[C@H]2CCN(C(=O)c3ccccn3)C2)nc2cccnc21. The summed E-state index contributed by atoms with van der Waals surface area (Å²) in [5.41, 5.74) is 2.43. The Morgan fingerprint density at radius 1 is 1.19 bits per heavy atom. The molecule has 1 fully saturated rings. The lowest BCUT2D eigenvalue weighted by atomic mass is 10.0. The third kappa shape index (κ3) is 3.70. The summed E-state index contributed by atoms with van der Waals surface area (Å²) in [6.07, 6.45) is 5.36. The number of hydrogen-bond donors (Lipinski definition) is 0. The van der Waals surface area contributed by atoms with Gasteiger partial charge in [-0.25, -0.2) is 9.97 Å². The first-order valence-corrected chi connectivity index (χ1v) is 9.62. The van der Waals surface area contributed by atoms with Crippen LogP contribution in [0.3, 0.4) is 0 Å². The molecule has 140 valence electrons. The zero-order valence-electron chi connectivity index (χ0n) is 15.9. The molecule has 0 radical (unpaired) electrons. The van der Waals surface area contributed by atoms with Crippen LogP contribution in [0.4, 0.5) is 0 Å². The molecule has 0 aliphatic carbocycles. The Bertz CT molecular complexity index is 934. The third-order valence-corrected chi connectivity index (χ3v) is 5.06. The molecule has 1 atom stereocenters. The minimum atomic E-state index is 0.0236. The highest BCUT2D eigenvalue weighted by Crippen LogP contribution is 2.24. The molecule has 0 bridgehead atoms. The van der Waals surface area contributed by atoms with Crippen molar-refractivity contribution in [2.75, 3.05) is 13.1 Å². The zero-order chi connectivity index (χ0) is 18.8. The average molecular weight is 363 g/mol. The number of imidazole rings is 1. The second kappa shape index (κ2) is 7.47. The first-order valence-electron chi connectivity index (χ1n) is 9.62. The Balaban J connectivity index is 1.51. The van der Waals surface area contributed by atoms with Crippen molar-refractivity contribution in [3.63, 3.8) is 0 Å². The van der Waals surface area contributed by atoms with Gasteiger partial charge in [0, 0.05) is 38.4 Å². The lowest BCUT2D eigenvalue weighted by Crippen LogP contribution is -2.29. The van der Waals surface area contributed by atoms with Gasteiger partial charge in [-0.15, -0.1) is 0 Å². The van der Waals surface area contributed by atoms with E-state index in [0.717, 1.165) is 49.5 Å². The van der Waals surface area contributed by atoms with Gasteiger partial charge < -0.3 is 9.47 Å². The predicted molar refractivity (Wildman–Crippen MR) is 104 cm³/mol. The monoisotopic (exact) mass is 363 g/mol. The van der Waals surface area contributed by atoms with Gasteiger partial charge in [0.05, 0.1) is 0 Å². The van der Waals surface area contributed by atoms with Gasteiger partial charge in [0.1, 0.15) is 17.0 Å². The topological polar surface area (TPSA) is 63.9 Å². The van der Waals surface area contributed by atoms with E-state index in [1.165, 1.54) is 0 Å². The largest absolute Gasteiger partial charge is 0.337 e. The van der Waals surface area contributed by atoms with E-state index < -0.39 is 0 Å². The zero-order valence-corrected chi connectivity index (χ0v) is 15.9. The summed E-state index contributed by atoms with van der Waals surface area (Å²) in [6.45, 7) is 6.87. The second-order valence-corrected chi connectivity index (χ2v) is 7.70. The molecular weight excluding hydrogens is 338 g/mol. The number of carbonyl (C=O) groups excluding carboxylic acids is 1. The summed E-state index contributed by atoms with van der Waals surface area (Å²) < 4.78 is 2.25. The molecule has 0 spiro atoms. The molecule has 1 amide bonds. The van der Waals surface area contributed by atoms with Crippen molar-refractivity contribution in [1.29, 1.82) is 0 Å². The molecule has 1 saturated heterocycles. The van der Waals surface area contributed by atoms with Crippen LogP contribution >= 0.6 is 0 Å². The Kier molecular flexibility index (Phi) is 4.88. The van der Waals surface area contributed by atoms with Crippen LogP contribution in [-0.4, -0.2) is 43.4 Å². The molecule has 0 aromatic carbocycles. The molecular formula is C21H25N5O. The van der Waals surface area contributed by atoms with Crippen molar-refractivity contribution in [1.82, 2.24) is 24.4 Å². The molecule has 1 aliphatic rings. The number of nitrogens with zero attached hydrogens (tertiary/aromatic N) is 5. The van der Waals surface area contributed by atoms with E-state index in [0.29, 0.717) is 17.5 Å². The third-order valence-electron chi connectivity index (χ3n) is 5.06. The van der Waals surface area contributed by atoms with Crippen LogP contribution in [0.25, 0.3) is 11.2 Å². The quantitative estimate of drug-likeness (QED) is 0.698. The standard InChI is InChI=1S/C21H25N5O/c1-15(2)13-26-19(24-17-7-5-10-23-20(17)26)12-16-8-11-25(14-16)21(27)18-6-3-4-9-22-18/h3-7,9-10,15-16H,8,11-14H2,1-2H3/t16-/m1/s1. The van der Waals surface area contributed by atoms with Crippen LogP contribution < -0.4 is 0 Å². The Morgan fingerprint density at radius 2 is 2.04 bits per heavy atom. The Labute approximate surface area is 159 Å². The normalized spacial score (nSPS) is 17.1. The molecule has 4 rings (SSSR count). The smallest absolute Gasteiger partial charge is 0.272 e. The minimum absolute atomic E-state index is 0.0236. The van der Waals surface area contributed by atoms with Crippen LogP contribution in [0.5, 0.6) is 0 Å². The van der Waals surface area contributed by atoms with Crippen LogP contribution in [0.2, 0.25) is 0 Å². The number of likely N-dealkylation sites (tertiary alicyclic amines) is 1. The highest BCUT2D eigenvalue weighted by atomic mass is 16.2. The molecule has 0 N–H and O–H groups in total. The van der Waals surface area contributed by atoms with Gasteiger partial charge in [-0.3, -0.25) is 9.78 Å². The highest BCUT2D eigenvalue weighted by Gasteiger charge is 2.29. The molecule has 0 unspecified atom stereocenters. The maximum atomic E-state index is 12.6. The van der Waals surface area contributed by atoms with Gasteiger partial charge in [-0.1, -0.05) is 19.9 Å². The maximum Gasteiger partial charge on any atom is 0.272 e. The fraction of sp³-hybridized carbons (Fsp3) is 0.429. The number of pyridine rings is 2. The van der Waals surface area contributed by atoms with Gasteiger partial charge in [-0.2, -0.15) is 0 Å². The minimum Gasteiger partial charge on any atom is -0.337 e. The molecule has 1 aliphatic heterocycles. The van der Waals surface area contributed by atoms with E-state index in [2.05, 4.69) is 28.4 Å². The van der Waals surface area contributed by atoms with E-state index >= 15 is 0 Å². The van der Waals surface area contributed by atoms with Crippen LogP contribution in [0.15, 0.2) is 42.7 Å². The number of rotatable bonds is 5. The summed E-state index contributed by atoms with van der Waals surface area (Å²) in [6, 6.07) is 9.42. The highest BCUT2D eigenvalue weighted by molar-refractivity contribution is 5.92. The maximum absolute atomic E-state index is 12.6. The summed E-state index contributed by atoms with van der Waals surface area (Å²) in [5, 5.41) is 0. The lowest BCUT2D eigenvalue weighted by Gasteiger charge is -2.17. The molecule has 3 aromatic rings. The van der Waals surface area contributed by atoms with Crippen LogP contribution in [0.1, 0.15) is 36.6 Å². The summed E-state index contributed by atoms with van der Waals surface area (Å²) in [4.78, 5) is 28.1. The van der Waals surface area contributed by atoms with Crippen molar-refractivity contribution in [2.45, 2.75) is 33.2 Å². The van der Waals surface area contributed by atoms with E-state index in [9.17, 15) is 4.79 Å². The lowest BCUT2D eigenvalue weighted by molar-refractivity contribution is 0.0781. The molecule has 0 saturated carbocycles. The van der Waals surface area contributed by atoms with Crippen molar-refractivity contribution < 1.29 is 4.79 Å². The second-order valence-electron chi connectivity index (χ2n) is 7.70. The number of amides is 1. The van der Waals surface area contributed by atoms with E-state index in [1.807, 2.05) is 35.4 Å². The number of fused-ring (bicyclic) bond motifs is 1. The molecule has 6 heteroatoms. The van der Waals surface area contributed by atoms with Crippen molar-refractivity contribution in [3.05, 3.63) is 54.2 Å². The number of aromatic nitrogens is 4. The van der Waals surface area contributed by atoms with Gasteiger partial charge in [-0.05, 0) is 42.5 Å². The Hall–Kier alpha value is -2.76. The van der Waals surface area contributed by atoms with Gasteiger partial charge in [0.2, 0.25) is 0 Å². The number of hydrogen-bond acceptors (Lipinski definition) is 4. The van der Waals surface area contributed by atoms with Gasteiger partial charge in [0.25, 0.3) is 5.91 Å². The summed E-state index contributed by atoms with van der Waals surface area (Å²) >= 11 is 0. The fourth-order valence-corrected chi connectivity index (χ4v) is 3.81. The Morgan fingerprint density at radius 3 is 2.81 bits per heavy atom. The van der Waals surface area contributed by atoms with Gasteiger partial charge in [0.15, 0.2) is 5.65 Å². The summed E-state index contributed by atoms with van der Waals surface area (Å²) in [7, 11) is 0. The number of carbonyl (C=O) groups is 1.